The third-order valence-corrected chi connectivity index (χ3v) is 5.42. The van der Waals surface area contributed by atoms with Crippen LogP contribution in [0.3, 0.4) is 0 Å². The van der Waals surface area contributed by atoms with E-state index in [9.17, 15) is 9.59 Å². The summed E-state index contributed by atoms with van der Waals surface area (Å²) in [6.07, 6.45) is 3.53. The molecular weight excluding hydrogens is 326 g/mol. The van der Waals surface area contributed by atoms with Gasteiger partial charge in [-0.15, -0.1) is 0 Å². The van der Waals surface area contributed by atoms with E-state index in [0.717, 1.165) is 31.2 Å². The van der Waals surface area contributed by atoms with Gasteiger partial charge in [0, 0.05) is 23.7 Å². The van der Waals surface area contributed by atoms with Crippen molar-refractivity contribution in [2.75, 3.05) is 13.1 Å². The Bertz CT molecular complexity index is 636. The number of hydrogen-bond acceptors (Lipinski definition) is 3. The first-order chi connectivity index (χ1) is 11.3. The van der Waals surface area contributed by atoms with Crippen LogP contribution < -0.4 is 10.6 Å². The Balaban J connectivity index is 1.59. The maximum absolute atomic E-state index is 12.6. The van der Waals surface area contributed by atoms with Crippen molar-refractivity contribution in [3.8, 4) is 0 Å². The summed E-state index contributed by atoms with van der Waals surface area (Å²) in [6, 6.07) is 7.43. The minimum absolute atomic E-state index is 0.0592. The molecule has 1 aromatic carbocycles. The summed E-state index contributed by atoms with van der Waals surface area (Å²) < 4.78 is 0. The van der Waals surface area contributed by atoms with Gasteiger partial charge in [-0.05, 0) is 44.4 Å². The number of hydrogen-bond donors (Lipinski definition) is 2. The Morgan fingerprint density at radius 2 is 1.83 bits per heavy atom. The van der Waals surface area contributed by atoms with E-state index in [1.165, 1.54) is 4.90 Å². The van der Waals surface area contributed by atoms with Crippen molar-refractivity contribution in [1.29, 1.82) is 0 Å². The molecule has 1 spiro atoms. The van der Waals surface area contributed by atoms with Crippen molar-refractivity contribution in [2.24, 2.45) is 0 Å². The van der Waals surface area contributed by atoms with Gasteiger partial charge in [0.1, 0.15) is 5.54 Å². The van der Waals surface area contributed by atoms with Crippen LogP contribution in [-0.4, -0.2) is 35.5 Å². The van der Waals surface area contributed by atoms with Gasteiger partial charge in [-0.1, -0.05) is 36.6 Å². The number of benzene rings is 1. The highest BCUT2D eigenvalue weighted by atomic mass is 35.5. The van der Waals surface area contributed by atoms with Gasteiger partial charge in [-0.3, -0.25) is 9.69 Å². The van der Waals surface area contributed by atoms with E-state index in [2.05, 4.69) is 24.5 Å². The van der Waals surface area contributed by atoms with E-state index < -0.39 is 5.54 Å². The number of carbonyl (C=O) groups excluding carboxylic acids is 2. The number of rotatable bonds is 5. The van der Waals surface area contributed by atoms with E-state index in [4.69, 9.17) is 11.6 Å². The number of amides is 3. The fourth-order valence-electron chi connectivity index (χ4n) is 3.65. The van der Waals surface area contributed by atoms with E-state index in [1.807, 2.05) is 24.3 Å². The number of urea groups is 1. The molecule has 0 atom stereocenters. The van der Waals surface area contributed by atoms with Crippen LogP contribution in [-0.2, 0) is 10.3 Å². The Labute approximate surface area is 147 Å². The summed E-state index contributed by atoms with van der Waals surface area (Å²) in [5, 5.41) is 7.04. The fraction of sp³-hybridized carbons (Fsp3) is 0.556. The fourth-order valence-corrected chi connectivity index (χ4v) is 3.77. The molecule has 1 heterocycles. The van der Waals surface area contributed by atoms with Crippen LogP contribution in [0.1, 0.15) is 45.1 Å². The summed E-state index contributed by atoms with van der Waals surface area (Å²) in [5.41, 5.74) is 0.217. The topological polar surface area (TPSA) is 61.4 Å². The summed E-state index contributed by atoms with van der Waals surface area (Å²) >= 11 is 5.93. The van der Waals surface area contributed by atoms with Gasteiger partial charge in [0.15, 0.2) is 0 Å². The number of carbonyl (C=O) groups is 2. The van der Waals surface area contributed by atoms with Crippen molar-refractivity contribution in [2.45, 2.75) is 50.6 Å². The average Bonchev–Trinajstić information content (AvgIpc) is 3.08. The first-order valence-corrected chi connectivity index (χ1v) is 8.87. The highest BCUT2D eigenvalue weighted by molar-refractivity contribution is 6.30. The first kappa shape index (κ1) is 17.2. The predicted molar refractivity (Wildman–Crippen MR) is 93.9 cm³/mol. The van der Waals surface area contributed by atoms with E-state index in [1.54, 1.807) is 0 Å². The Kier molecular flexibility index (Phi) is 4.58. The molecule has 1 saturated heterocycles. The number of halogens is 1. The Morgan fingerprint density at radius 3 is 2.46 bits per heavy atom. The lowest BCUT2D eigenvalue weighted by Gasteiger charge is -2.28. The molecule has 1 aliphatic carbocycles. The van der Waals surface area contributed by atoms with Crippen molar-refractivity contribution in [3.05, 3.63) is 34.9 Å². The monoisotopic (exact) mass is 349 g/mol. The zero-order chi connectivity index (χ0) is 17.4. The summed E-state index contributed by atoms with van der Waals surface area (Å²) in [4.78, 5) is 26.1. The Morgan fingerprint density at radius 1 is 1.21 bits per heavy atom. The lowest BCUT2D eigenvalue weighted by molar-refractivity contribution is -0.131. The quantitative estimate of drug-likeness (QED) is 0.803. The average molecular weight is 350 g/mol. The number of nitrogens with zero attached hydrogens (tertiary/aromatic N) is 1. The van der Waals surface area contributed by atoms with E-state index >= 15 is 0 Å². The minimum Gasteiger partial charge on any atom is -0.323 e. The van der Waals surface area contributed by atoms with Crippen LogP contribution in [0.2, 0.25) is 5.02 Å². The van der Waals surface area contributed by atoms with Crippen molar-refractivity contribution in [3.63, 3.8) is 0 Å². The minimum atomic E-state index is -0.622. The zero-order valence-corrected chi connectivity index (χ0v) is 14.9. The summed E-state index contributed by atoms with van der Waals surface area (Å²) in [5.74, 6) is -0.0592. The zero-order valence-electron chi connectivity index (χ0n) is 14.2. The standard InChI is InChI=1S/C18H24ClN3O2/c1-17(2,13-5-7-14(19)8-6-13)20-11-12-22-15(23)18(21-16(22)24)9-3-4-10-18/h5-8,20H,3-4,9-12H2,1-2H3,(H,21,24). The maximum atomic E-state index is 12.6. The van der Waals surface area contributed by atoms with Crippen LogP contribution in [0.4, 0.5) is 4.79 Å². The molecule has 0 unspecified atom stereocenters. The smallest absolute Gasteiger partial charge is 0.323 e. The number of nitrogens with one attached hydrogen (secondary N) is 2. The molecule has 3 rings (SSSR count). The van der Waals surface area contributed by atoms with Gasteiger partial charge in [-0.25, -0.2) is 4.79 Å². The maximum Gasteiger partial charge on any atom is 0.325 e. The van der Waals surface area contributed by atoms with Crippen molar-refractivity contribution >= 4 is 23.5 Å². The van der Waals surface area contributed by atoms with Crippen molar-refractivity contribution < 1.29 is 9.59 Å². The predicted octanol–water partition coefficient (Wildman–Crippen LogP) is 3.03. The highest BCUT2D eigenvalue weighted by Gasteiger charge is 2.52. The third kappa shape index (κ3) is 3.15. The molecule has 1 aliphatic heterocycles. The van der Waals surface area contributed by atoms with E-state index in [0.29, 0.717) is 18.1 Å². The second-order valence-corrected chi connectivity index (χ2v) is 7.67. The first-order valence-electron chi connectivity index (χ1n) is 8.49. The summed E-state index contributed by atoms with van der Waals surface area (Å²) in [7, 11) is 0. The lowest BCUT2D eigenvalue weighted by atomic mass is 9.94. The van der Waals surface area contributed by atoms with Gasteiger partial charge in [0.2, 0.25) is 0 Å². The molecule has 24 heavy (non-hydrogen) atoms. The molecule has 3 amide bonds. The molecule has 0 bridgehead atoms. The molecule has 5 nitrogen and oxygen atoms in total. The molecule has 6 heteroatoms. The molecular formula is C18H24ClN3O2. The molecule has 2 aliphatic rings. The lowest BCUT2D eigenvalue weighted by Crippen LogP contribution is -2.45. The SMILES string of the molecule is CC(C)(NCCN1C(=O)NC2(CCCC2)C1=O)c1ccc(Cl)cc1. The van der Waals surface area contributed by atoms with Gasteiger partial charge >= 0.3 is 6.03 Å². The molecule has 1 saturated carbocycles. The van der Waals surface area contributed by atoms with Crippen molar-refractivity contribution in [1.82, 2.24) is 15.5 Å². The Hall–Kier alpha value is -1.59. The largest absolute Gasteiger partial charge is 0.325 e. The molecule has 2 fully saturated rings. The van der Waals surface area contributed by atoms with Crippen LogP contribution in [0.5, 0.6) is 0 Å². The van der Waals surface area contributed by atoms with E-state index in [-0.39, 0.29) is 17.5 Å². The van der Waals surface area contributed by atoms with Crippen LogP contribution in [0.15, 0.2) is 24.3 Å². The van der Waals surface area contributed by atoms with Crippen LogP contribution in [0, 0.1) is 0 Å². The van der Waals surface area contributed by atoms with Crippen LogP contribution in [0.25, 0.3) is 0 Å². The molecule has 0 aromatic heterocycles. The van der Waals surface area contributed by atoms with Gasteiger partial charge in [0.25, 0.3) is 5.91 Å². The third-order valence-electron chi connectivity index (χ3n) is 5.17. The summed E-state index contributed by atoms with van der Waals surface area (Å²) in [6.45, 7) is 5.06. The van der Waals surface area contributed by atoms with Crippen LogP contribution >= 0.6 is 11.6 Å². The number of imide groups is 1. The highest BCUT2D eigenvalue weighted by Crippen LogP contribution is 2.34. The normalized spacial score (nSPS) is 20.0. The molecule has 1 aromatic rings. The molecule has 130 valence electrons. The molecule has 0 radical (unpaired) electrons. The molecule has 2 N–H and O–H groups in total. The van der Waals surface area contributed by atoms with Gasteiger partial charge in [-0.2, -0.15) is 0 Å². The van der Waals surface area contributed by atoms with Gasteiger partial charge < -0.3 is 10.6 Å². The van der Waals surface area contributed by atoms with Gasteiger partial charge in [0.05, 0.1) is 0 Å². The second kappa shape index (κ2) is 6.37. The second-order valence-electron chi connectivity index (χ2n) is 7.23.